The highest BCUT2D eigenvalue weighted by Crippen LogP contribution is 2.40. The van der Waals surface area contributed by atoms with Crippen molar-refractivity contribution in [2.45, 2.75) is 18.1 Å². The second kappa shape index (κ2) is 5.96. The topological polar surface area (TPSA) is 38.3 Å². The number of halogens is 7. The molecular formula is C11H8BrClF5NO2. The standard InChI is InChI=1S/C11H7BrF5NO2.ClH/c12-7-2-1-5(11(15,16)17)3-6(7)8-10(13,14)4-20-9(19)18-8;/h1-3,8H,4H2,(H,18,19);1H/t8-;/m1./s1. The Bertz CT molecular complexity index is 552. The fraction of sp³-hybridized carbons (Fsp3) is 0.364. The number of ether oxygens (including phenoxy) is 1. The van der Waals surface area contributed by atoms with Gasteiger partial charge in [-0.2, -0.15) is 13.2 Å². The summed E-state index contributed by atoms with van der Waals surface area (Å²) < 4.78 is 69.4. The Kier molecular flexibility index (Phi) is 5.09. The first-order valence-corrected chi connectivity index (χ1v) is 6.08. The number of benzene rings is 1. The smallest absolute Gasteiger partial charge is 0.416 e. The van der Waals surface area contributed by atoms with Crippen LogP contribution < -0.4 is 5.32 Å². The van der Waals surface area contributed by atoms with Crippen molar-refractivity contribution >= 4 is 34.4 Å². The second-order valence-corrected chi connectivity index (χ2v) is 5.00. The first-order chi connectivity index (χ1) is 9.11. The summed E-state index contributed by atoms with van der Waals surface area (Å²) in [4.78, 5) is 11.0. The van der Waals surface area contributed by atoms with E-state index in [-0.39, 0.29) is 22.4 Å². The van der Waals surface area contributed by atoms with Gasteiger partial charge in [0.1, 0.15) is 6.04 Å². The number of hydrogen-bond acceptors (Lipinski definition) is 2. The fourth-order valence-electron chi connectivity index (χ4n) is 1.76. The van der Waals surface area contributed by atoms with Gasteiger partial charge in [0.2, 0.25) is 0 Å². The molecule has 0 unspecified atom stereocenters. The minimum Gasteiger partial charge on any atom is -0.443 e. The third-order valence-electron chi connectivity index (χ3n) is 2.71. The largest absolute Gasteiger partial charge is 0.443 e. The number of alkyl halides is 5. The predicted molar refractivity (Wildman–Crippen MR) is 68.6 cm³/mol. The lowest BCUT2D eigenvalue weighted by Gasteiger charge is -2.32. The lowest BCUT2D eigenvalue weighted by Crippen LogP contribution is -2.49. The molecule has 1 aliphatic heterocycles. The Morgan fingerprint density at radius 1 is 1.33 bits per heavy atom. The molecular weight excluding hydrogens is 388 g/mol. The van der Waals surface area contributed by atoms with Gasteiger partial charge in [0.05, 0.1) is 5.56 Å². The van der Waals surface area contributed by atoms with Crippen molar-refractivity contribution in [3.63, 3.8) is 0 Å². The van der Waals surface area contributed by atoms with Gasteiger partial charge in [-0.25, -0.2) is 13.6 Å². The summed E-state index contributed by atoms with van der Waals surface area (Å²) in [5.41, 5.74) is -1.44. The van der Waals surface area contributed by atoms with Crippen molar-refractivity contribution in [2.24, 2.45) is 0 Å². The molecule has 2 rings (SSSR count). The molecule has 0 bridgehead atoms. The molecule has 0 aliphatic carbocycles. The molecule has 0 radical (unpaired) electrons. The van der Waals surface area contributed by atoms with Crippen LogP contribution in [0.2, 0.25) is 0 Å². The Hall–Kier alpha value is -1.09. The molecule has 1 heterocycles. The zero-order valence-corrected chi connectivity index (χ0v) is 12.4. The average Bonchev–Trinajstić information content (AvgIpc) is 2.32. The van der Waals surface area contributed by atoms with Crippen LogP contribution in [0.3, 0.4) is 0 Å². The molecule has 3 nitrogen and oxygen atoms in total. The van der Waals surface area contributed by atoms with E-state index in [0.717, 1.165) is 12.1 Å². The molecule has 1 aromatic carbocycles. The van der Waals surface area contributed by atoms with Gasteiger partial charge in [-0.15, -0.1) is 12.4 Å². The van der Waals surface area contributed by atoms with E-state index in [9.17, 15) is 26.7 Å². The predicted octanol–water partition coefficient (Wildman–Crippen LogP) is 4.31. The highest BCUT2D eigenvalue weighted by molar-refractivity contribution is 9.10. The molecule has 0 saturated carbocycles. The summed E-state index contributed by atoms with van der Waals surface area (Å²) in [6.45, 7) is -1.19. The van der Waals surface area contributed by atoms with Crippen LogP contribution in [-0.4, -0.2) is 18.6 Å². The second-order valence-electron chi connectivity index (χ2n) is 4.15. The summed E-state index contributed by atoms with van der Waals surface area (Å²) in [5, 5.41) is 1.83. The van der Waals surface area contributed by atoms with Gasteiger partial charge >= 0.3 is 18.2 Å². The fourth-order valence-corrected chi connectivity index (χ4v) is 2.23. The van der Waals surface area contributed by atoms with E-state index in [0.29, 0.717) is 6.07 Å². The van der Waals surface area contributed by atoms with E-state index in [1.165, 1.54) is 0 Å². The number of carbonyl (C=O) groups is 1. The van der Waals surface area contributed by atoms with Crippen molar-refractivity contribution in [2.75, 3.05) is 6.61 Å². The highest BCUT2D eigenvalue weighted by atomic mass is 79.9. The van der Waals surface area contributed by atoms with E-state index in [2.05, 4.69) is 20.7 Å². The quantitative estimate of drug-likeness (QED) is 0.719. The van der Waals surface area contributed by atoms with Crippen LogP contribution in [0.15, 0.2) is 22.7 Å². The van der Waals surface area contributed by atoms with Gasteiger partial charge in [0, 0.05) is 4.47 Å². The maximum atomic E-state index is 13.7. The average molecular weight is 397 g/mol. The van der Waals surface area contributed by atoms with Crippen molar-refractivity contribution in [3.05, 3.63) is 33.8 Å². The number of cyclic esters (lactones) is 1. The number of nitrogens with one attached hydrogen (secondary N) is 1. The summed E-state index contributed by atoms with van der Waals surface area (Å²) in [7, 11) is 0. The summed E-state index contributed by atoms with van der Waals surface area (Å²) in [5.74, 6) is -3.51. The summed E-state index contributed by atoms with van der Waals surface area (Å²) >= 11 is 2.91. The maximum absolute atomic E-state index is 13.7. The molecule has 0 spiro atoms. The van der Waals surface area contributed by atoms with Crippen molar-refractivity contribution in [1.82, 2.24) is 5.32 Å². The third-order valence-corrected chi connectivity index (χ3v) is 3.44. The van der Waals surface area contributed by atoms with Crippen molar-refractivity contribution in [3.8, 4) is 0 Å². The molecule has 21 heavy (non-hydrogen) atoms. The van der Waals surface area contributed by atoms with Gasteiger partial charge in [0.25, 0.3) is 0 Å². The van der Waals surface area contributed by atoms with Gasteiger partial charge in [-0.1, -0.05) is 15.9 Å². The van der Waals surface area contributed by atoms with E-state index >= 15 is 0 Å². The lowest BCUT2D eigenvalue weighted by molar-refractivity contribution is -0.138. The first-order valence-electron chi connectivity index (χ1n) is 5.29. The number of carbonyl (C=O) groups excluding carboxylic acids is 1. The van der Waals surface area contributed by atoms with Crippen molar-refractivity contribution in [1.29, 1.82) is 0 Å². The highest BCUT2D eigenvalue weighted by Gasteiger charge is 2.48. The lowest BCUT2D eigenvalue weighted by atomic mass is 9.98. The van der Waals surface area contributed by atoms with E-state index < -0.39 is 36.4 Å². The van der Waals surface area contributed by atoms with Gasteiger partial charge in [0.15, 0.2) is 6.61 Å². The van der Waals surface area contributed by atoms with Crippen LogP contribution in [-0.2, 0) is 10.9 Å². The Morgan fingerprint density at radius 3 is 2.52 bits per heavy atom. The first kappa shape index (κ1) is 18.0. The Balaban J connectivity index is 0.00000220. The molecule has 118 valence electrons. The molecule has 0 aromatic heterocycles. The number of amides is 1. The Labute approximate surface area is 130 Å². The third kappa shape index (κ3) is 3.76. The molecule has 1 aliphatic rings. The zero-order valence-electron chi connectivity index (χ0n) is 10.0. The van der Waals surface area contributed by atoms with Crippen LogP contribution >= 0.6 is 28.3 Å². The van der Waals surface area contributed by atoms with Crippen molar-refractivity contribution < 1.29 is 31.5 Å². The molecule has 1 amide bonds. The van der Waals surface area contributed by atoms with Crippen LogP contribution in [0.4, 0.5) is 26.7 Å². The molecule has 1 saturated heterocycles. The van der Waals surface area contributed by atoms with E-state index in [1.54, 1.807) is 0 Å². The van der Waals surface area contributed by atoms with Crippen LogP contribution in [0.25, 0.3) is 0 Å². The van der Waals surface area contributed by atoms with Crippen LogP contribution in [0.1, 0.15) is 17.2 Å². The molecule has 10 heteroatoms. The van der Waals surface area contributed by atoms with E-state index in [1.807, 2.05) is 5.32 Å². The maximum Gasteiger partial charge on any atom is 0.416 e. The summed E-state index contributed by atoms with van der Waals surface area (Å²) in [6.07, 6.45) is -5.77. The molecule has 1 fully saturated rings. The molecule has 1 aromatic rings. The normalized spacial score (nSPS) is 21.0. The number of rotatable bonds is 1. The monoisotopic (exact) mass is 395 g/mol. The van der Waals surface area contributed by atoms with Crippen LogP contribution in [0.5, 0.6) is 0 Å². The minimum atomic E-state index is -4.67. The minimum absolute atomic E-state index is 0. The van der Waals surface area contributed by atoms with E-state index in [4.69, 9.17) is 0 Å². The SMILES string of the molecule is Cl.O=C1N[C@H](c2cc(C(F)(F)F)ccc2Br)C(F)(F)CO1. The Morgan fingerprint density at radius 2 is 1.95 bits per heavy atom. The van der Waals surface area contributed by atoms with Gasteiger partial charge in [-0.05, 0) is 23.8 Å². The number of alkyl carbamates (subject to hydrolysis) is 1. The van der Waals surface area contributed by atoms with Gasteiger partial charge in [-0.3, -0.25) is 0 Å². The number of hydrogen-bond donors (Lipinski definition) is 1. The molecule has 1 N–H and O–H groups in total. The van der Waals surface area contributed by atoms with Crippen LogP contribution in [0, 0.1) is 0 Å². The zero-order chi connectivity index (χ0) is 15.1. The van der Waals surface area contributed by atoms with Gasteiger partial charge < -0.3 is 10.1 Å². The summed E-state index contributed by atoms with van der Waals surface area (Å²) in [6, 6.07) is 0.456. The molecule has 1 atom stereocenters.